The van der Waals surface area contributed by atoms with Crippen molar-refractivity contribution in [3.8, 4) is 0 Å². The molecule has 1 heterocycles. The fourth-order valence-corrected chi connectivity index (χ4v) is 2.60. The van der Waals surface area contributed by atoms with E-state index in [2.05, 4.69) is 10.3 Å². The zero-order valence-corrected chi connectivity index (χ0v) is 12.1. The number of benzene rings is 2. The van der Waals surface area contributed by atoms with Gasteiger partial charge >= 0.3 is 5.97 Å². The topological polar surface area (TPSA) is 65.1 Å². The second-order valence-electron chi connectivity index (χ2n) is 5.32. The number of para-hydroxylation sites is 1. The van der Waals surface area contributed by atoms with Crippen LogP contribution in [0.3, 0.4) is 0 Å². The molecule has 3 N–H and O–H groups in total. The average molecular weight is 294 g/mol. The first-order chi connectivity index (χ1) is 10.7. The maximum atomic E-state index is 11.5. The van der Waals surface area contributed by atoms with Crippen LogP contribution >= 0.6 is 0 Å². The summed E-state index contributed by atoms with van der Waals surface area (Å²) in [7, 11) is 0. The van der Waals surface area contributed by atoms with Crippen LogP contribution in [-0.2, 0) is 17.8 Å². The molecule has 0 saturated carbocycles. The van der Waals surface area contributed by atoms with Crippen molar-refractivity contribution >= 4 is 16.9 Å². The molecule has 0 radical (unpaired) electrons. The van der Waals surface area contributed by atoms with E-state index in [0.29, 0.717) is 13.0 Å². The van der Waals surface area contributed by atoms with Gasteiger partial charge in [-0.1, -0.05) is 48.5 Å². The summed E-state index contributed by atoms with van der Waals surface area (Å²) in [4.78, 5) is 14.7. The lowest BCUT2D eigenvalue weighted by Crippen LogP contribution is -2.38. The van der Waals surface area contributed by atoms with E-state index < -0.39 is 12.0 Å². The van der Waals surface area contributed by atoms with Gasteiger partial charge in [-0.05, 0) is 17.2 Å². The second kappa shape index (κ2) is 6.45. The van der Waals surface area contributed by atoms with E-state index in [4.69, 9.17) is 0 Å². The summed E-state index contributed by atoms with van der Waals surface area (Å²) in [5.74, 6) is -0.832. The van der Waals surface area contributed by atoms with Gasteiger partial charge in [0.2, 0.25) is 0 Å². The van der Waals surface area contributed by atoms with Crippen molar-refractivity contribution in [3.05, 3.63) is 71.9 Å². The molecule has 0 aliphatic heterocycles. The molecule has 0 saturated heterocycles. The lowest BCUT2D eigenvalue weighted by Gasteiger charge is -2.14. The number of carboxylic acid groups (broad SMARTS) is 1. The van der Waals surface area contributed by atoms with Crippen molar-refractivity contribution < 1.29 is 9.90 Å². The number of nitrogens with one attached hydrogen (secondary N) is 2. The third-order valence-electron chi connectivity index (χ3n) is 3.79. The number of hydrogen-bond acceptors (Lipinski definition) is 2. The van der Waals surface area contributed by atoms with Crippen molar-refractivity contribution in [1.29, 1.82) is 0 Å². The molecule has 2 aromatic carbocycles. The minimum Gasteiger partial charge on any atom is -0.480 e. The first-order valence-electron chi connectivity index (χ1n) is 7.29. The molecule has 1 unspecified atom stereocenters. The van der Waals surface area contributed by atoms with Crippen molar-refractivity contribution in [3.63, 3.8) is 0 Å². The maximum absolute atomic E-state index is 11.5. The molecule has 0 bridgehead atoms. The van der Waals surface area contributed by atoms with Crippen LogP contribution in [0.2, 0.25) is 0 Å². The molecule has 4 nitrogen and oxygen atoms in total. The molecule has 1 atom stereocenters. The molecular weight excluding hydrogens is 276 g/mol. The van der Waals surface area contributed by atoms with Crippen LogP contribution in [0.4, 0.5) is 0 Å². The average Bonchev–Trinajstić information content (AvgIpc) is 2.95. The van der Waals surface area contributed by atoms with Crippen molar-refractivity contribution in [1.82, 2.24) is 10.3 Å². The van der Waals surface area contributed by atoms with Gasteiger partial charge in [0.15, 0.2) is 0 Å². The minimum absolute atomic E-state index is 0.451. The standard InChI is InChI=1S/C18H18N2O2/c21-18(22)17(19-11-13-6-2-1-3-7-13)10-14-12-20-16-9-5-4-8-15(14)16/h1-9,12,17,19-20H,10-11H2,(H,21,22). The highest BCUT2D eigenvalue weighted by Crippen LogP contribution is 2.19. The summed E-state index contributed by atoms with van der Waals surface area (Å²) < 4.78 is 0. The van der Waals surface area contributed by atoms with Crippen molar-refractivity contribution in [2.45, 2.75) is 19.0 Å². The molecule has 112 valence electrons. The number of carboxylic acids is 1. The third-order valence-corrected chi connectivity index (χ3v) is 3.79. The highest BCUT2D eigenvalue weighted by molar-refractivity contribution is 5.84. The second-order valence-corrected chi connectivity index (χ2v) is 5.32. The Kier molecular flexibility index (Phi) is 4.21. The van der Waals surface area contributed by atoms with Crippen LogP contribution in [0.25, 0.3) is 10.9 Å². The lowest BCUT2D eigenvalue weighted by molar-refractivity contribution is -0.139. The Morgan fingerprint density at radius 3 is 2.59 bits per heavy atom. The zero-order chi connectivity index (χ0) is 15.4. The molecule has 0 spiro atoms. The smallest absolute Gasteiger partial charge is 0.321 e. The molecule has 1 aromatic heterocycles. The van der Waals surface area contributed by atoms with Crippen LogP contribution in [0.1, 0.15) is 11.1 Å². The molecule has 0 aliphatic rings. The highest BCUT2D eigenvalue weighted by atomic mass is 16.4. The van der Waals surface area contributed by atoms with Gasteiger partial charge in [0.1, 0.15) is 6.04 Å². The molecule has 3 aromatic rings. The Bertz CT molecular complexity index is 765. The first-order valence-corrected chi connectivity index (χ1v) is 7.29. The lowest BCUT2D eigenvalue weighted by atomic mass is 10.0. The summed E-state index contributed by atoms with van der Waals surface area (Å²) in [6.45, 7) is 0.542. The number of hydrogen-bond donors (Lipinski definition) is 3. The summed E-state index contributed by atoms with van der Waals surface area (Å²) in [6.07, 6.45) is 2.34. The summed E-state index contributed by atoms with van der Waals surface area (Å²) >= 11 is 0. The van der Waals surface area contributed by atoms with E-state index in [-0.39, 0.29) is 0 Å². The van der Waals surface area contributed by atoms with E-state index in [1.54, 1.807) is 0 Å². The van der Waals surface area contributed by atoms with Gasteiger partial charge in [0.05, 0.1) is 0 Å². The van der Waals surface area contributed by atoms with E-state index in [9.17, 15) is 9.90 Å². The van der Waals surface area contributed by atoms with Crippen molar-refractivity contribution in [2.75, 3.05) is 0 Å². The predicted molar refractivity (Wildman–Crippen MR) is 86.7 cm³/mol. The van der Waals surface area contributed by atoms with Gasteiger partial charge in [-0.3, -0.25) is 4.79 Å². The van der Waals surface area contributed by atoms with Crippen LogP contribution < -0.4 is 5.32 Å². The van der Waals surface area contributed by atoms with Crippen LogP contribution in [0.5, 0.6) is 0 Å². The third kappa shape index (κ3) is 3.18. The molecular formula is C18H18N2O2. The van der Waals surface area contributed by atoms with Gasteiger partial charge < -0.3 is 15.4 Å². The van der Waals surface area contributed by atoms with Gasteiger partial charge in [-0.15, -0.1) is 0 Å². The number of aromatic nitrogens is 1. The zero-order valence-electron chi connectivity index (χ0n) is 12.1. The molecule has 22 heavy (non-hydrogen) atoms. The van der Waals surface area contributed by atoms with Crippen LogP contribution in [0, 0.1) is 0 Å². The quantitative estimate of drug-likeness (QED) is 0.655. The fraction of sp³-hybridized carbons (Fsp3) is 0.167. The number of rotatable bonds is 6. The van der Waals surface area contributed by atoms with E-state index in [1.165, 1.54) is 0 Å². The highest BCUT2D eigenvalue weighted by Gasteiger charge is 2.19. The Balaban J connectivity index is 1.73. The molecule has 0 fully saturated rings. The van der Waals surface area contributed by atoms with Crippen LogP contribution in [-0.4, -0.2) is 22.1 Å². The van der Waals surface area contributed by atoms with Crippen LogP contribution in [0.15, 0.2) is 60.8 Å². The Labute approximate surface area is 128 Å². The van der Waals surface area contributed by atoms with Gasteiger partial charge in [-0.2, -0.15) is 0 Å². The SMILES string of the molecule is O=C(O)C(Cc1c[nH]c2ccccc12)NCc1ccccc1. The Hall–Kier alpha value is -2.59. The number of aliphatic carboxylic acids is 1. The maximum Gasteiger partial charge on any atom is 0.321 e. The van der Waals surface area contributed by atoms with E-state index in [1.807, 2.05) is 60.8 Å². The monoisotopic (exact) mass is 294 g/mol. The Morgan fingerprint density at radius 1 is 1.09 bits per heavy atom. The number of H-pyrrole nitrogens is 1. The number of aromatic amines is 1. The number of fused-ring (bicyclic) bond motifs is 1. The largest absolute Gasteiger partial charge is 0.480 e. The molecule has 3 rings (SSSR count). The van der Waals surface area contributed by atoms with Gasteiger partial charge in [0, 0.05) is 30.1 Å². The minimum atomic E-state index is -0.832. The fourth-order valence-electron chi connectivity index (χ4n) is 2.60. The predicted octanol–water partition coefficient (Wildman–Crippen LogP) is 2.95. The number of carbonyl (C=O) groups is 1. The summed E-state index contributed by atoms with van der Waals surface area (Å²) in [5.41, 5.74) is 3.13. The molecule has 0 aliphatic carbocycles. The molecule has 4 heteroatoms. The van der Waals surface area contributed by atoms with Gasteiger partial charge in [-0.25, -0.2) is 0 Å². The van der Waals surface area contributed by atoms with E-state index in [0.717, 1.165) is 22.0 Å². The summed E-state index contributed by atoms with van der Waals surface area (Å²) in [6, 6.07) is 17.1. The van der Waals surface area contributed by atoms with Gasteiger partial charge in [0.25, 0.3) is 0 Å². The Morgan fingerprint density at radius 2 is 1.82 bits per heavy atom. The summed E-state index contributed by atoms with van der Waals surface area (Å²) in [5, 5.41) is 13.7. The molecule has 0 amide bonds. The first kappa shape index (κ1) is 14.4. The normalized spacial score (nSPS) is 12.4. The van der Waals surface area contributed by atoms with E-state index >= 15 is 0 Å². The van der Waals surface area contributed by atoms with Crippen molar-refractivity contribution in [2.24, 2.45) is 0 Å².